The number of alkyl halides is 6. The molecule has 14 heteroatoms. The summed E-state index contributed by atoms with van der Waals surface area (Å²) in [5.74, 6) is -1.56. The van der Waals surface area contributed by atoms with E-state index in [4.69, 9.17) is 30.3 Å². The monoisotopic (exact) mass is 412 g/mol. The number of nitrogens with one attached hydrogen (secondary N) is 1. The van der Waals surface area contributed by atoms with Gasteiger partial charge >= 0.3 is 17.6 Å². The van der Waals surface area contributed by atoms with Crippen molar-refractivity contribution in [1.82, 2.24) is 0 Å². The number of benzene rings is 1. The Labute approximate surface area is 141 Å². The Morgan fingerprint density at radius 1 is 1.08 bits per heavy atom. The van der Waals surface area contributed by atoms with Crippen LogP contribution in [-0.2, 0) is 16.3 Å². The van der Waals surface area contributed by atoms with Crippen molar-refractivity contribution in [2.45, 2.75) is 11.7 Å². The fourth-order valence-electron chi connectivity index (χ4n) is 1.32. The molecule has 0 saturated carbocycles. The smallest absolute Gasteiger partial charge is 0.517 e. The Morgan fingerprint density at radius 3 is 1.84 bits per heavy atom. The third kappa shape index (κ3) is 5.79. The van der Waals surface area contributed by atoms with Gasteiger partial charge in [-0.3, -0.25) is 0 Å². The average Bonchev–Trinajstić information content (AvgIpc) is 2.80. The van der Waals surface area contributed by atoms with Gasteiger partial charge in [-0.05, 0) is 24.3 Å². The second-order valence-corrected chi connectivity index (χ2v) is 6.01. The van der Waals surface area contributed by atoms with Crippen LogP contribution >= 0.6 is 11.6 Å². The molecule has 1 aromatic carbocycles. The number of nitrogens with two attached hydrogens (primary N) is 1. The highest BCUT2D eigenvalue weighted by Crippen LogP contribution is 2.31. The molecule has 2 aromatic rings. The minimum Gasteiger partial charge on any atom is -0.741 e. The van der Waals surface area contributed by atoms with Crippen molar-refractivity contribution >= 4 is 27.6 Å². The third-order valence-corrected chi connectivity index (χ3v) is 3.19. The lowest BCUT2D eigenvalue weighted by Crippen LogP contribution is -2.21. The fraction of sp³-hybridized carbons (Fsp3) is 0.182. The number of anilines is 1. The predicted octanol–water partition coefficient (Wildman–Crippen LogP) is 3.07. The lowest BCUT2D eigenvalue weighted by atomic mass is 10.2. The molecule has 140 valence electrons. The van der Waals surface area contributed by atoms with E-state index in [2.05, 4.69) is 9.40 Å². The van der Waals surface area contributed by atoms with Gasteiger partial charge in [0.15, 0.2) is 10.1 Å². The van der Waals surface area contributed by atoms with Crippen LogP contribution in [0.4, 0.5) is 32.2 Å². The first kappa shape index (κ1) is 21.1. The van der Waals surface area contributed by atoms with Crippen molar-refractivity contribution < 1.29 is 48.7 Å². The van der Waals surface area contributed by atoms with Crippen molar-refractivity contribution in [3.63, 3.8) is 0 Å². The SMILES string of the molecule is Nc1oc(C(F)(F)F)[nH+]c1-c1ccc(Cl)cc1.O=S(=O)([O-])C(F)(F)F. The van der Waals surface area contributed by atoms with Crippen LogP contribution in [0, 0.1) is 0 Å². The highest BCUT2D eigenvalue weighted by molar-refractivity contribution is 7.86. The number of aromatic amines is 1. The molecular weight excluding hydrogens is 406 g/mol. The largest absolute Gasteiger partial charge is 0.741 e. The quantitative estimate of drug-likeness (QED) is 0.439. The van der Waals surface area contributed by atoms with Gasteiger partial charge in [-0.2, -0.15) is 31.3 Å². The van der Waals surface area contributed by atoms with Crippen molar-refractivity contribution in [3.05, 3.63) is 35.2 Å². The van der Waals surface area contributed by atoms with Gasteiger partial charge < -0.3 is 14.7 Å². The zero-order valence-electron chi connectivity index (χ0n) is 11.6. The van der Waals surface area contributed by atoms with E-state index in [1.807, 2.05) is 0 Å². The van der Waals surface area contributed by atoms with E-state index < -0.39 is 27.7 Å². The summed E-state index contributed by atoms with van der Waals surface area (Å²) in [6, 6.07) is 6.18. The number of nitrogen functional groups attached to an aromatic ring is 1. The van der Waals surface area contributed by atoms with E-state index in [0.29, 0.717) is 10.6 Å². The standard InChI is InChI=1S/C10H6ClF3N2O.CHF3O3S/c11-6-3-1-5(2-4-6)7-8(15)17-9(16-7)10(12,13)14;2-1(3,4)8(5,6)7/h1-4H,15H2;(H,5,6,7). The molecule has 0 aliphatic heterocycles. The highest BCUT2D eigenvalue weighted by atomic mass is 35.5. The molecule has 0 atom stereocenters. The van der Waals surface area contributed by atoms with Crippen LogP contribution < -0.4 is 10.7 Å². The number of H-pyrrole nitrogens is 1. The molecule has 2 rings (SSSR count). The molecule has 3 N–H and O–H groups in total. The lowest BCUT2D eigenvalue weighted by Gasteiger charge is -2.08. The number of oxazole rings is 1. The topological polar surface area (TPSA) is 110 Å². The summed E-state index contributed by atoms with van der Waals surface area (Å²) in [7, 11) is -6.09. The molecule has 25 heavy (non-hydrogen) atoms. The normalized spacial score (nSPS) is 12.5. The van der Waals surface area contributed by atoms with Gasteiger partial charge in [0.2, 0.25) is 0 Å². The van der Waals surface area contributed by atoms with E-state index in [-0.39, 0.29) is 11.6 Å². The number of aromatic nitrogens is 1. The van der Waals surface area contributed by atoms with E-state index in [0.717, 1.165) is 0 Å². The Hall–Kier alpha value is -1.99. The van der Waals surface area contributed by atoms with Gasteiger partial charge in [0.05, 0.1) is 5.56 Å². The number of hydrogen-bond acceptors (Lipinski definition) is 5. The van der Waals surface area contributed by atoms with Gasteiger partial charge in [0.1, 0.15) is 0 Å². The number of halogens is 7. The van der Waals surface area contributed by atoms with Crippen LogP contribution in [0.5, 0.6) is 0 Å². The zero-order chi connectivity index (χ0) is 19.6. The summed E-state index contributed by atoms with van der Waals surface area (Å²) in [6.07, 6.45) is -4.60. The van der Waals surface area contributed by atoms with E-state index in [1.165, 1.54) is 0 Å². The summed E-state index contributed by atoms with van der Waals surface area (Å²) in [4.78, 5) is 2.10. The fourth-order valence-corrected chi connectivity index (χ4v) is 1.45. The molecule has 0 spiro atoms. The first-order chi connectivity index (χ1) is 11.1. The predicted molar refractivity (Wildman–Crippen MR) is 70.9 cm³/mol. The molecule has 0 saturated heterocycles. The highest BCUT2D eigenvalue weighted by Gasteiger charge is 2.45. The van der Waals surface area contributed by atoms with Crippen molar-refractivity contribution in [1.29, 1.82) is 0 Å². The third-order valence-electron chi connectivity index (χ3n) is 2.37. The maximum atomic E-state index is 12.4. The molecule has 0 amide bonds. The second-order valence-electron chi connectivity index (χ2n) is 4.20. The first-order valence-electron chi connectivity index (χ1n) is 5.80. The summed E-state index contributed by atoms with van der Waals surface area (Å²) in [5.41, 5.74) is 0.273. The van der Waals surface area contributed by atoms with Crippen LogP contribution in [0.2, 0.25) is 5.02 Å². The molecule has 0 aliphatic carbocycles. The van der Waals surface area contributed by atoms with E-state index >= 15 is 0 Å². The van der Waals surface area contributed by atoms with E-state index in [9.17, 15) is 26.3 Å². The summed E-state index contributed by atoms with van der Waals surface area (Å²) < 4.78 is 100. The Kier molecular flexibility index (Phi) is 5.97. The maximum absolute atomic E-state index is 12.4. The van der Waals surface area contributed by atoms with Crippen LogP contribution in [0.1, 0.15) is 5.89 Å². The second kappa shape index (κ2) is 7.09. The summed E-state index contributed by atoms with van der Waals surface area (Å²) in [5, 5.41) is 0.479. The molecule has 1 heterocycles. The van der Waals surface area contributed by atoms with Crippen LogP contribution in [0.15, 0.2) is 28.7 Å². The summed E-state index contributed by atoms with van der Waals surface area (Å²) in [6.45, 7) is 0. The van der Waals surface area contributed by atoms with Crippen molar-refractivity contribution in [3.8, 4) is 11.3 Å². The van der Waals surface area contributed by atoms with Crippen LogP contribution in [0.25, 0.3) is 11.3 Å². The molecule has 0 aliphatic rings. The zero-order valence-corrected chi connectivity index (χ0v) is 13.1. The van der Waals surface area contributed by atoms with E-state index in [1.54, 1.807) is 24.3 Å². The molecule has 0 radical (unpaired) electrons. The molecular formula is C11H7ClF6N2O4S. The Morgan fingerprint density at radius 2 is 1.52 bits per heavy atom. The first-order valence-corrected chi connectivity index (χ1v) is 7.58. The average molecular weight is 413 g/mol. The number of rotatable bonds is 1. The summed E-state index contributed by atoms with van der Waals surface area (Å²) >= 11 is 5.67. The molecule has 6 nitrogen and oxygen atoms in total. The lowest BCUT2D eigenvalue weighted by molar-refractivity contribution is -0.426. The molecule has 0 fully saturated rings. The van der Waals surface area contributed by atoms with Gasteiger partial charge in [-0.1, -0.05) is 11.6 Å². The van der Waals surface area contributed by atoms with Gasteiger partial charge in [0, 0.05) is 5.02 Å². The molecule has 0 bridgehead atoms. The minimum atomic E-state index is -6.09. The van der Waals surface area contributed by atoms with Crippen molar-refractivity contribution in [2.24, 2.45) is 0 Å². The molecule has 1 aromatic heterocycles. The molecule has 0 unspecified atom stereocenters. The van der Waals surface area contributed by atoms with Crippen LogP contribution in [-0.4, -0.2) is 18.5 Å². The van der Waals surface area contributed by atoms with Gasteiger partial charge in [-0.25, -0.2) is 8.42 Å². The van der Waals surface area contributed by atoms with Gasteiger partial charge in [0.25, 0.3) is 11.6 Å². The minimum absolute atomic E-state index is 0.0778. The van der Waals surface area contributed by atoms with Crippen molar-refractivity contribution in [2.75, 3.05) is 5.73 Å². The Bertz CT molecular complexity index is 830. The van der Waals surface area contributed by atoms with Crippen LogP contribution in [0.3, 0.4) is 0 Å². The van der Waals surface area contributed by atoms with Gasteiger partial charge in [-0.15, -0.1) is 0 Å². The maximum Gasteiger partial charge on any atom is 0.517 e. The number of hydrogen-bond donors (Lipinski definition) is 1. The Balaban J connectivity index is 0.000000333.